The number of hydrogen-bond acceptors (Lipinski definition) is 2. The van der Waals surface area contributed by atoms with E-state index < -0.39 is 11.7 Å². The SMILES string of the molecule is O=C1C(NC2CC2)CCN1c1cccc(C(F)(F)F)c1. The minimum absolute atomic E-state index is 0.128. The molecule has 2 fully saturated rings. The number of anilines is 1. The van der Waals surface area contributed by atoms with Crippen LogP contribution in [0.25, 0.3) is 0 Å². The summed E-state index contributed by atoms with van der Waals surface area (Å²) < 4.78 is 38.1. The number of alkyl halides is 3. The Bertz CT molecular complexity index is 525. The van der Waals surface area contributed by atoms with Gasteiger partial charge in [0.1, 0.15) is 0 Å². The second-order valence-electron chi connectivity index (χ2n) is 5.32. The molecule has 1 saturated heterocycles. The van der Waals surface area contributed by atoms with Crippen molar-refractivity contribution >= 4 is 11.6 Å². The highest BCUT2D eigenvalue weighted by Crippen LogP contribution is 2.33. The van der Waals surface area contributed by atoms with Gasteiger partial charge in [0.2, 0.25) is 5.91 Å². The number of carbonyl (C=O) groups is 1. The monoisotopic (exact) mass is 284 g/mol. The number of nitrogens with one attached hydrogen (secondary N) is 1. The Morgan fingerprint density at radius 2 is 1.95 bits per heavy atom. The van der Waals surface area contributed by atoms with Crippen LogP contribution in [-0.2, 0) is 11.0 Å². The van der Waals surface area contributed by atoms with E-state index in [2.05, 4.69) is 5.32 Å². The van der Waals surface area contributed by atoms with Crippen molar-refractivity contribution in [3.05, 3.63) is 29.8 Å². The molecule has 2 aliphatic rings. The first-order valence-corrected chi connectivity index (χ1v) is 6.70. The molecular formula is C14H15F3N2O. The average molecular weight is 284 g/mol. The van der Waals surface area contributed by atoms with E-state index in [1.54, 1.807) is 6.07 Å². The lowest BCUT2D eigenvalue weighted by Crippen LogP contribution is -2.39. The number of benzene rings is 1. The Labute approximate surface area is 114 Å². The van der Waals surface area contributed by atoms with Crippen LogP contribution in [0.3, 0.4) is 0 Å². The number of carbonyl (C=O) groups excluding carboxylic acids is 1. The van der Waals surface area contributed by atoms with E-state index in [0.29, 0.717) is 24.7 Å². The molecule has 1 amide bonds. The molecule has 3 nitrogen and oxygen atoms in total. The summed E-state index contributed by atoms with van der Waals surface area (Å²) in [7, 11) is 0. The zero-order valence-electron chi connectivity index (χ0n) is 10.8. The normalized spacial score (nSPS) is 23.4. The third-order valence-corrected chi connectivity index (χ3v) is 3.70. The molecule has 20 heavy (non-hydrogen) atoms. The molecule has 1 aliphatic heterocycles. The molecule has 1 saturated carbocycles. The number of rotatable bonds is 3. The second-order valence-corrected chi connectivity index (χ2v) is 5.32. The Morgan fingerprint density at radius 1 is 1.20 bits per heavy atom. The topological polar surface area (TPSA) is 32.3 Å². The van der Waals surface area contributed by atoms with Gasteiger partial charge in [0, 0.05) is 18.3 Å². The fourth-order valence-electron chi connectivity index (χ4n) is 2.48. The molecule has 1 aromatic carbocycles. The fraction of sp³-hybridized carbons (Fsp3) is 0.500. The van der Waals surface area contributed by atoms with Gasteiger partial charge in [0.15, 0.2) is 0 Å². The predicted octanol–water partition coefficient (Wildman–Crippen LogP) is 2.56. The van der Waals surface area contributed by atoms with Crippen molar-refractivity contribution in [3.63, 3.8) is 0 Å². The maximum absolute atomic E-state index is 12.7. The Balaban J connectivity index is 1.77. The summed E-state index contributed by atoms with van der Waals surface area (Å²) in [5, 5.41) is 3.23. The summed E-state index contributed by atoms with van der Waals surface area (Å²) in [6, 6.07) is 5.10. The van der Waals surface area contributed by atoms with Gasteiger partial charge in [0.05, 0.1) is 11.6 Å². The van der Waals surface area contributed by atoms with E-state index in [1.807, 2.05) is 0 Å². The molecule has 3 rings (SSSR count). The van der Waals surface area contributed by atoms with Crippen molar-refractivity contribution in [3.8, 4) is 0 Å². The molecule has 0 radical (unpaired) electrons. The largest absolute Gasteiger partial charge is 0.416 e. The summed E-state index contributed by atoms with van der Waals surface area (Å²) in [5.41, 5.74) is -0.397. The van der Waals surface area contributed by atoms with Gasteiger partial charge in [-0.15, -0.1) is 0 Å². The number of nitrogens with zero attached hydrogens (tertiary/aromatic N) is 1. The van der Waals surface area contributed by atoms with Crippen LogP contribution < -0.4 is 10.2 Å². The zero-order chi connectivity index (χ0) is 14.3. The maximum atomic E-state index is 12.7. The summed E-state index contributed by atoms with van der Waals surface area (Å²) in [4.78, 5) is 13.7. The zero-order valence-corrected chi connectivity index (χ0v) is 10.8. The highest BCUT2D eigenvalue weighted by molar-refractivity contribution is 5.99. The van der Waals surface area contributed by atoms with Crippen LogP contribution in [0, 0.1) is 0 Å². The van der Waals surface area contributed by atoms with Crippen molar-refractivity contribution in [1.82, 2.24) is 5.32 Å². The summed E-state index contributed by atoms with van der Waals surface area (Å²) in [5.74, 6) is -0.128. The molecule has 1 atom stereocenters. The number of amides is 1. The molecule has 1 unspecified atom stereocenters. The van der Waals surface area contributed by atoms with E-state index in [9.17, 15) is 18.0 Å². The van der Waals surface area contributed by atoms with Crippen molar-refractivity contribution in [1.29, 1.82) is 0 Å². The predicted molar refractivity (Wildman–Crippen MR) is 68.4 cm³/mol. The summed E-state index contributed by atoms with van der Waals surface area (Å²) in [6.07, 6.45) is -1.59. The number of hydrogen-bond donors (Lipinski definition) is 1. The van der Waals surface area contributed by atoms with E-state index >= 15 is 0 Å². The van der Waals surface area contributed by atoms with Gasteiger partial charge in [-0.05, 0) is 37.5 Å². The fourth-order valence-corrected chi connectivity index (χ4v) is 2.48. The molecule has 1 aliphatic carbocycles. The molecule has 0 aromatic heterocycles. The van der Waals surface area contributed by atoms with Crippen LogP contribution in [0.2, 0.25) is 0 Å². The third kappa shape index (κ3) is 2.65. The first-order chi connectivity index (χ1) is 9.45. The van der Waals surface area contributed by atoms with Crippen LogP contribution in [0.1, 0.15) is 24.8 Å². The lowest BCUT2D eigenvalue weighted by molar-refractivity contribution is -0.137. The molecular weight excluding hydrogens is 269 g/mol. The van der Waals surface area contributed by atoms with Gasteiger partial charge < -0.3 is 10.2 Å². The van der Waals surface area contributed by atoms with Crippen molar-refractivity contribution in [2.45, 2.75) is 37.5 Å². The Kier molecular flexibility index (Phi) is 3.20. The van der Waals surface area contributed by atoms with Gasteiger partial charge >= 0.3 is 6.18 Å². The molecule has 1 heterocycles. The van der Waals surface area contributed by atoms with Crippen LogP contribution in [0.4, 0.5) is 18.9 Å². The molecule has 1 aromatic rings. The second kappa shape index (κ2) is 4.77. The van der Waals surface area contributed by atoms with E-state index in [0.717, 1.165) is 25.0 Å². The molecule has 6 heteroatoms. The van der Waals surface area contributed by atoms with E-state index in [1.165, 1.54) is 11.0 Å². The molecule has 108 valence electrons. The molecule has 0 bridgehead atoms. The lowest BCUT2D eigenvalue weighted by Gasteiger charge is -2.18. The van der Waals surface area contributed by atoms with Gasteiger partial charge in [0.25, 0.3) is 0 Å². The van der Waals surface area contributed by atoms with Gasteiger partial charge in [-0.2, -0.15) is 13.2 Å². The maximum Gasteiger partial charge on any atom is 0.416 e. The van der Waals surface area contributed by atoms with Crippen LogP contribution in [0.15, 0.2) is 24.3 Å². The highest BCUT2D eigenvalue weighted by atomic mass is 19.4. The van der Waals surface area contributed by atoms with E-state index in [4.69, 9.17) is 0 Å². The van der Waals surface area contributed by atoms with Gasteiger partial charge in [-0.25, -0.2) is 0 Å². The van der Waals surface area contributed by atoms with Gasteiger partial charge in [-0.3, -0.25) is 4.79 Å². The average Bonchev–Trinajstić information content (AvgIpc) is 3.14. The highest BCUT2D eigenvalue weighted by Gasteiger charge is 2.37. The first-order valence-electron chi connectivity index (χ1n) is 6.70. The Hall–Kier alpha value is -1.56. The van der Waals surface area contributed by atoms with E-state index in [-0.39, 0.29) is 11.9 Å². The third-order valence-electron chi connectivity index (χ3n) is 3.70. The standard InChI is InChI=1S/C14H15F3N2O/c15-14(16,17)9-2-1-3-11(8-9)19-7-6-12(13(19)20)18-10-4-5-10/h1-3,8,10,12,18H,4-7H2. The molecule has 0 spiro atoms. The van der Waals surface area contributed by atoms with Crippen molar-refractivity contribution < 1.29 is 18.0 Å². The number of halogens is 3. The van der Waals surface area contributed by atoms with Crippen molar-refractivity contribution in [2.75, 3.05) is 11.4 Å². The van der Waals surface area contributed by atoms with Crippen LogP contribution in [0.5, 0.6) is 0 Å². The minimum Gasteiger partial charge on any atom is -0.311 e. The minimum atomic E-state index is -4.38. The van der Waals surface area contributed by atoms with Crippen LogP contribution >= 0.6 is 0 Å². The Morgan fingerprint density at radius 3 is 2.60 bits per heavy atom. The lowest BCUT2D eigenvalue weighted by atomic mass is 10.2. The first kappa shape index (κ1) is 13.4. The summed E-state index contributed by atoms with van der Waals surface area (Å²) in [6.45, 7) is 0.463. The van der Waals surface area contributed by atoms with Crippen LogP contribution in [-0.4, -0.2) is 24.5 Å². The summed E-state index contributed by atoms with van der Waals surface area (Å²) >= 11 is 0. The van der Waals surface area contributed by atoms with Gasteiger partial charge in [-0.1, -0.05) is 6.07 Å². The van der Waals surface area contributed by atoms with Crippen molar-refractivity contribution in [2.24, 2.45) is 0 Å². The smallest absolute Gasteiger partial charge is 0.311 e. The molecule has 1 N–H and O–H groups in total. The quantitative estimate of drug-likeness (QED) is 0.925.